The molecule has 3 heterocycles. The summed E-state index contributed by atoms with van der Waals surface area (Å²) in [5, 5.41) is 14.0. The summed E-state index contributed by atoms with van der Waals surface area (Å²) in [6.45, 7) is 3.90. The molecule has 3 aromatic rings. The van der Waals surface area contributed by atoms with Gasteiger partial charge in [-0.15, -0.1) is 22.7 Å². The molecule has 0 aromatic carbocycles. The zero-order chi connectivity index (χ0) is 18.4. The van der Waals surface area contributed by atoms with E-state index in [-0.39, 0.29) is 5.91 Å². The Kier molecular flexibility index (Phi) is 4.17. The van der Waals surface area contributed by atoms with E-state index in [4.69, 9.17) is 5.73 Å². The summed E-state index contributed by atoms with van der Waals surface area (Å²) in [5.74, 6) is -0.266. The summed E-state index contributed by atoms with van der Waals surface area (Å²) in [6.07, 6.45) is 4.13. The highest BCUT2D eigenvalue weighted by Crippen LogP contribution is 2.39. The number of hydrogen-bond acceptors (Lipinski definition) is 6. The maximum absolute atomic E-state index is 12.9. The number of nitrogen functional groups attached to an aromatic ring is 1. The van der Waals surface area contributed by atoms with E-state index >= 15 is 0 Å². The molecule has 0 radical (unpaired) electrons. The average molecular weight is 383 g/mol. The Hall–Kier alpha value is -2.43. The molecule has 0 saturated carbocycles. The molecule has 1 amide bonds. The molecule has 7 heteroatoms. The van der Waals surface area contributed by atoms with Crippen LogP contribution in [-0.4, -0.2) is 10.9 Å². The van der Waals surface area contributed by atoms with Gasteiger partial charge in [0.25, 0.3) is 5.91 Å². The van der Waals surface area contributed by atoms with E-state index < -0.39 is 0 Å². The maximum atomic E-state index is 12.9. The van der Waals surface area contributed by atoms with Crippen LogP contribution in [0.5, 0.6) is 0 Å². The van der Waals surface area contributed by atoms with Gasteiger partial charge in [0.15, 0.2) is 0 Å². The predicted molar refractivity (Wildman–Crippen MR) is 107 cm³/mol. The number of fused-ring (bicyclic) bond motifs is 2. The first-order chi connectivity index (χ1) is 12.5. The van der Waals surface area contributed by atoms with Crippen LogP contribution in [0.1, 0.15) is 49.8 Å². The number of pyridine rings is 1. The van der Waals surface area contributed by atoms with Gasteiger partial charge in [-0.1, -0.05) is 0 Å². The largest absolute Gasteiger partial charge is 0.397 e. The van der Waals surface area contributed by atoms with Crippen molar-refractivity contribution in [1.29, 1.82) is 5.26 Å². The van der Waals surface area contributed by atoms with Crippen LogP contribution in [0.15, 0.2) is 6.07 Å². The number of rotatable bonds is 2. The quantitative estimate of drug-likeness (QED) is 0.679. The first-order valence-electron chi connectivity index (χ1n) is 8.51. The lowest BCUT2D eigenvalue weighted by molar-refractivity contribution is 0.103. The Labute approximate surface area is 159 Å². The molecule has 26 heavy (non-hydrogen) atoms. The molecule has 1 aliphatic carbocycles. The van der Waals surface area contributed by atoms with E-state index in [1.54, 1.807) is 0 Å². The third-order valence-corrected chi connectivity index (χ3v) is 7.05. The lowest BCUT2D eigenvalue weighted by Gasteiger charge is -2.09. The van der Waals surface area contributed by atoms with Crippen molar-refractivity contribution in [3.05, 3.63) is 38.2 Å². The second kappa shape index (κ2) is 6.38. The molecule has 1 aliphatic rings. The fourth-order valence-corrected chi connectivity index (χ4v) is 5.92. The van der Waals surface area contributed by atoms with E-state index in [1.807, 2.05) is 19.9 Å². The number of nitrogens with one attached hydrogen (secondary N) is 1. The molecule has 0 unspecified atom stereocenters. The normalized spacial score (nSPS) is 13.4. The summed E-state index contributed by atoms with van der Waals surface area (Å²) >= 11 is 2.82. The number of hydrogen-bond donors (Lipinski definition) is 2. The molecular weight excluding hydrogens is 364 g/mol. The SMILES string of the molecule is Cc1cc(C)c2c(N)c(C(=O)Nc3sc4c(c3C#N)CCCC4)sc2n1. The standard InChI is InChI=1S/C19H18N4OS2/c1-9-7-10(2)22-19-14(9)15(21)16(26-19)17(24)23-18-12(8-20)11-5-3-4-6-13(11)25-18/h7H,3-6,21H2,1-2H3,(H,23,24). The fraction of sp³-hybridized carbons (Fsp3) is 0.316. The van der Waals surface area contributed by atoms with E-state index in [9.17, 15) is 10.1 Å². The van der Waals surface area contributed by atoms with Crippen LogP contribution in [0.4, 0.5) is 10.7 Å². The molecule has 0 aliphatic heterocycles. The first kappa shape index (κ1) is 17.0. The van der Waals surface area contributed by atoms with Crippen molar-refractivity contribution in [1.82, 2.24) is 4.98 Å². The number of carbonyl (C=O) groups excluding carboxylic acids is 1. The Morgan fingerprint density at radius 1 is 1.31 bits per heavy atom. The Morgan fingerprint density at radius 2 is 2.08 bits per heavy atom. The minimum Gasteiger partial charge on any atom is -0.397 e. The zero-order valence-corrected chi connectivity index (χ0v) is 16.2. The highest BCUT2D eigenvalue weighted by Gasteiger charge is 2.24. The average Bonchev–Trinajstić information content (AvgIpc) is 3.11. The summed E-state index contributed by atoms with van der Waals surface area (Å²) < 4.78 is 0. The van der Waals surface area contributed by atoms with Crippen LogP contribution < -0.4 is 11.1 Å². The lowest BCUT2D eigenvalue weighted by Crippen LogP contribution is -2.12. The molecular formula is C19H18N4OS2. The van der Waals surface area contributed by atoms with E-state index in [1.165, 1.54) is 27.6 Å². The van der Waals surface area contributed by atoms with Crippen molar-refractivity contribution in [2.45, 2.75) is 39.5 Å². The van der Waals surface area contributed by atoms with Crippen molar-refractivity contribution in [3.8, 4) is 6.07 Å². The molecule has 3 aromatic heterocycles. The summed E-state index contributed by atoms with van der Waals surface area (Å²) in [5.41, 5.74) is 10.4. The van der Waals surface area contributed by atoms with Crippen molar-refractivity contribution < 1.29 is 4.79 Å². The number of anilines is 2. The Bertz CT molecular complexity index is 1090. The van der Waals surface area contributed by atoms with Crippen LogP contribution in [0.3, 0.4) is 0 Å². The van der Waals surface area contributed by atoms with Gasteiger partial charge in [0.2, 0.25) is 0 Å². The van der Waals surface area contributed by atoms with Gasteiger partial charge in [-0.3, -0.25) is 4.79 Å². The number of aryl methyl sites for hydroxylation is 3. The van der Waals surface area contributed by atoms with Gasteiger partial charge in [-0.2, -0.15) is 5.26 Å². The van der Waals surface area contributed by atoms with Crippen molar-refractivity contribution in [2.75, 3.05) is 11.1 Å². The van der Waals surface area contributed by atoms with Crippen molar-refractivity contribution in [2.24, 2.45) is 0 Å². The molecule has 0 fully saturated rings. The van der Waals surface area contributed by atoms with Crippen LogP contribution in [-0.2, 0) is 12.8 Å². The van der Waals surface area contributed by atoms with Crippen LogP contribution >= 0.6 is 22.7 Å². The van der Waals surface area contributed by atoms with Gasteiger partial charge in [-0.05, 0) is 56.7 Å². The number of thiophene rings is 2. The number of nitriles is 1. The van der Waals surface area contributed by atoms with Crippen LogP contribution in [0.25, 0.3) is 10.2 Å². The summed E-state index contributed by atoms with van der Waals surface area (Å²) in [7, 11) is 0. The molecule has 4 rings (SSSR count). The number of aromatic nitrogens is 1. The molecule has 0 bridgehead atoms. The third-order valence-electron chi connectivity index (χ3n) is 4.74. The van der Waals surface area contributed by atoms with E-state index in [0.29, 0.717) is 21.1 Å². The highest BCUT2D eigenvalue weighted by molar-refractivity contribution is 7.21. The van der Waals surface area contributed by atoms with E-state index in [2.05, 4.69) is 16.4 Å². The minimum atomic E-state index is -0.266. The van der Waals surface area contributed by atoms with Gasteiger partial charge in [0.05, 0.1) is 11.3 Å². The van der Waals surface area contributed by atoms with Gasteiger partial charge in [0.1, 0.15) is 20.8 Å². The molecule has 5 nitrogen and oxygen atoms in total. The Morgan fingerprint density at radius 3 is 2.85 bits per heavy atom. The van der Waals surface area contributed by atoms with Gasteiger partial charge in [0, 0.05) is 16.0 Å². The summed E-state index contributed by atoms with van der Waals surface area (Å²) in [4.78, 5) is 19.8. The molecule has 0 atom stereocenters. The second-order valence-corrected chi connectivity index (χ2v) is 8.69. The maximum Gasteiger partial charge on any atom is 0.268 e. The second-order valence-electron chi connectivity index (χ2n) is 6.59. The summed E-state index contributed by atoms with van der Waals surface area (Å²) in [6, 6.07) is 4.24. The number of nitrogens with zero attached hydrogens (tertiary/aromatic N) is 2. The lowest BCUT2D eigenvalue weighted by atomic mass is 9.96. The smallest absolute Gasteiger partial charge is 0.268 e. The molecule has 132 valence electrons. The number of amides is 1. The number of nitrogens with two attached hydrogens (primary N) is 1. The van der Waals surface area contributed by atoms with Crippen LogP contribution in [0, 0.1) is 25.2 Å². The molecule has 3 N–H and O–H groups in total. The topological polar surface area (TPSA) is 91.8 Å². The van der Waals surface area contributed by atoms with E-state index in [0.717, 1.165) is 52.7 Å². The van der Waals surface area contributed by atoms with Crippen LogP contribution in [0.2, 0.25) is 0 Å². The van der Waals surface area contributed by atoms with Gasteiger partial charge in [-0.25, -0.2) is 4.98 Å². The highest BCUT2D eigenvalue weighted by atomic mass is 32.1. The number of carbonyl (C=O) groups is 1. The van der Waals surface area contributed by atoms with Crippen molar-refractivity contribution in [3.63, 3.8) is 0 Å². The fourth-order valence-electron chi connectivity index (χ4n) is 3.57. The molecule has 0 spiro atoms. The van der Waals surface area contributed by atoms with Gasteiger partial charge >= 0.3 is 0 Å². The minimum absolute atomic E-state index is 0.266. The Balaban J connectivity index is 1.73. The van der Waals surface area contributed by atoms with Gasteiger partial charge < -0.3 is 11.1 Å². The monoisotopic (exact) mass is 382 g/mol. The zero-order valence-electron chi connectivity index (χ0n) is 14.6. The predicted octanol–water partition coefficient (Wildman–Crippen LogP) is 4.56. The van der Waals surface area contributed by atoms with Crippen molar-refractivity contribution >= 4 is 49.5 Å². The third kappa shape index (κ3) is 2.66. The molecule has 0 saturated heterocycles. The first-order valence-corrected chi connectivity index (χ1v) is 10.1.